The van der Waals surface area contributed by atoms with Crippen LogP contribution in [-0.2, 0) is 13.0 Å². The highest BCUT2D eigenvalue weighted by Crippen LogP contribution is 2.24. The number of halogens is 2. The quantitative estimate of drug-likeness (QED) is 0.800. The molecule has 0 unspecified atom stereocenters. The highest BCUT2D eigenvalue weighted by Gasteiger charge is 2.09. The molecule has 2 aromatic heterocycles. The highest BCUT2D eigenvalue weighted by molar-refractivity contribution is 7.16. The fourth-order valence-electron chi connectivity index (χ4n) is 2.06. The number of nitrogens with zero attached hydrogens (tertiary/aromatic N) is 2. The van der Waals surface area contributed by atoms with E-state index in [1.807, 2.05) is 16.7 Å². The normalized spacial score (nSPS) is 11.3. The minimum atomic E-state index is -0.304. The summed E-state index contributed by atoms with van der Waals surface area (Å²) in [6.07, 6.45) is 0.824. The molecule has 0 saturated carbocycles. The van der Waals surface area contributed by atoms with Crippen molar-refractivity contribution in [3.63, 3.8) is 0 Å². The van der Waals surface area contributed by atoms with E-state index in [0.717, 1.165) is 16.3 Å². The molecule has 0 atom stereocenters. The van der Waals surface area contributed by atoms with E-state index in [9.17, 15) is 4.39 Å². The van der Waals surface area contributed by atoms with Crippen LogP contribution in [0, 0.1) is 5.82 Å². The first-order chi connectivity index (χ1) is 9.13. The molecule has 0 spiro atoms. The molecular formula is C13H11ClFN3S. The van der Waals surface area contributed by atoms with Gasteiger partial charge in [-0.1, -0.05) is 11.6 Å². The zero-order valence-electron chi connectivity index (χ0n) is 9.94. The summed E-state index contributed by atoms with van der Waals surface area (Å²) in [6.45, 7) is 0.699. The molecule has 0 fully saturated rings. The van der Waals surface area contributed by atoms with Crippen LogP contribution in [0.4, 0.5) is 10.3 Å². The van der Waals surface area contributed by atoms with Crippen LogP contribution in [0.15, 0.2) is 30.3 Å². The van der Waals surface area contributed by atoms with Crippen LogP contribution >= 0.6 is 22.9 Å². The van der Waals surface area contributed by atoms with Crippen molar-refractivity contribution in [2.24, 2.45) is 0 Å². The monoisotopic (exact) mass is 295 g/mol. The lowest BCUT2D eigenvalue weighted by Gasteiger charge is -2.05. The summed E-state index contributed by atoms with van der Waals surface area (Å²) in [5, 5.41) is 0. The van der Waals surface area contributed by atoms with Crippen molar-refractivity contribution in [2.75, 3.05) is 5.73 Å². The van der Waals surface area contributed by atoms with Crippen molar-refractivity contribution in [2.45, 2.75) is 13.0 Å². The van der Waals surface area contributed by atoms with Gasteiger partial charge in [-0.25, -0.2) is 9.37 Å². The van der Waals surface area contributed by atoms with Crippen molar-refractivity contribution < 1.29 is 4.39 Å². The van der Waals surface area contributed by atoms with E-state index in [4.69, 9.17) is 17.3 Å². The first-order valence-corrected chi connectivity index (χ1v) is 6.98. The molecule has 19 heavy (non-hydrogen) atoms. The molecule has 0 aliphatic rings. The van der Waals surface area contributed by atoms with E-state index < -0.39 is 0 Å². The Morgan fingerprint density at radius 1 is 1.32 bits per heavy atom. The van der Waals surface area contributed by atoms with Gasteiger partial charge >= 0.3 is 0 Å². The first-order valence-electron chi connectivity index (χ1n) is 5.79. The van der Waals surface area contributed by atoms with Crippen molar-refractivity contribution >= 4 is 39.9 Å². The van der Waals surface area contributed by atoms with Gasteiger partial charge in [0.15, 0.2) is 0 Å². The van der Waals surface area contributed by atoms with Gasteiger partial charge in [-0.3, -0.25) is 0 Å². The average Bonchev–Trinajstić information content (AvgIpc) is 2.89. The van der Waals surface area contributed by atoms with Gasteiger partial charge in [0, 0.05) is 17.5 Å². The number of aromatic nitrogens is 2. The molecule has 0 aliphatic heterocycles. The molecular weight excluding hydrogens is 285 g/mol. The number of aryl methyl sites for hydroxylation is 2. The lowest BCUT2D eigenvalue weighted by Crippen LogP contribution is -2.05. The summed E-state index contributed by atoms with van der Waals surface area (Å²) < 4.78 is 15.8. The Balaban J connectivity index is 1.90. The molecule has 3 rings (SSSR count). The largest absolute Gasteiger partial charge is 0.369 e. The molecule has 0 radical (unpaired) electrons. The summed E-state index contributed by atoms with van der Waals surface area (Å²) >= 11 is 7.45. The minimum absolute atomic E-state index is 0.304. The molecule has 3 aromatic rings. The standard InChI is InChI=1S/C13H11ClFN3S/c14-12-4-2-9(19-12)5-6-18-11-3-1-8(15)7-10(11)17-13(18)16/h1-4,7H,5-6H2,(H2,16,17). The third kappa shape index (κ3) is 2.43. The SMILES string of the molecule is Nc1nc2cc(F)ccc2n1CCc1ccc(Cl)s1. The van der Waals surface area contributed by atoms with Crippen LogP contribution in [0.1, 0.15) is 4.88 Å². The zero-order valence-corrected chi connectivity index (χ0v) is 11.5. The summed E-state index contributed by atoms with van der Waals surface area (Å²) in [5.74, 6) is 0.102. The first kappa shape index (κ1) is 12.4. The smallest absolute Gasteiger partial charge is 0.201 e. The van der Waals surface area contributed by atoms with Crippen LogP contribution < -0.4 is 5.73 Å². The number of thiophene rings is 1. The van der Waals surface area contributed by atoms with Gasteiger partial charge < -0.3 is 10.3 Å². The number of rotatable bonds is 3. The lowest BCUT2D eigenvalue weighted by atomic mass is 10.3. The van der Waals surface area contributed by atoms with Crippen molar-refractivity contribution in [3.05, 3.63) is 45.4 Å². The number of hydrogen-bond acceptors (Lipinski definition) is 3. The Bertz CT molecular complexity index is 735. The molecule has 1 aromatic carbocycles. The fraction of sp³-hybridized carbons (Fsp3) is 0.154. The molecule has 3 nitrogen and oxygen atoms in total. The summed E-state index contributed by atoms with van der Waals surface area (Å²) in [4.78, 5) is 5.36. The van der Waals surface area contributed by atoms with Crippen LogP contribution in [0.2, 0.25) is 4.34 Å². The Kier molecular flexibility index (Phi) is 3.16. The van der Waals surface area contributed by atoms with Gasteiger partial charge in [-0.2, -0.15) is 0 Å². The van der Waals surface area contributed by atoms with Gasteiger partial charge in [-0.05, 0) is 30.7 Å². The summed E-state index contributed by atoms with van der Waals surface area (Å²) in [6, 6.07) is 8.40. The zero-order chi connectivity index (χ0) is 13.4. The average molecular weight is 296 g/mol. The maximum absolute atomic E-state index is 13.1. The van der Waals surface area contributed by atoms with E-state index in [-0.39, 0.29) is 5.82 Å². The van der Waals surface area contributed by atoms with E-state index in [0.29, 0.717) is 18.0 Å². The fourth-order valence-corrected chi connectivity index (χ4v) is 3.14. The number of benzene rings is 1. The van der Waals surface area contributed by atoms with E-state index >= 15 is 0 Å². The summed E-state index contributed by atoms with van der Waals surface area (Å²) in [7, 11) is 0. The van der Waals surface area contributed by atoms with Crippen molar-refractivity contribution in [3.8, 4) is 0 Å². The predicted molar refractivity (Wildman–Crippen MR) is 77.1 cm³/mol. The number of nitrogen functional groups attached to an aromatic ring is 1. The molecule has 0 aliphatic carbocycles. The maximum atomic E-state index is 13.1. The number of anilines is 1. The second kappa shape index (κ2) is 4.83. The second-order valence-corrected chi connectivity index (χ2v) is 6.01. The molecule has 0 amide bonds. The van der Waals surface area contributed by atoms with Gasteiger partial charge in [0.1, 0.15) is 5.82 Å². The molecule has 0 saturated heterocycles. The van der Waals surface area contributed by atoms with Crippen LogP contribution in [0.3, 0.4) is 0 Å². The van der Waals surface area contributed by atoms with Gasteiger partial charge in [0.25, 0.3) is 0 Å². The number of imidazole rings is 1. The Labute approximate surface area is 118 Å². The molecule has 2 heterocycles. The summed E-state index contributed by atoms with van der Waals surface area (Å²) in [5.41, 5.74) is 7.31. The Hall–Kier alpha value is -1.59. The van der Waals surface area contributed by atoms with Gasteiger partial charge in [0.05, 0.1) is 15.4 Å². The Morgan fingerprint density at radius 3 is 2.89 bits per heavy atom. The molecule has 6 heteroatoms. The molecule has 2 N–H and O–H groups in total. The number of hydrogen-bond donors (Lipinski definition) is 1. The third-order valence-corrected chi connectivity index (χ3v) is 4.24. The van der Waals surface area contributed by atoms with Gasteiger partial charge in [-0.15, -0.1) is 11.3 Å². The van der Waals surface area contributed by atoms with Gasteiger partial charge in [0.2, 0.25) is 5.95 Å². The van der Waals surface area contributed by atoms with E-state index in [1.54, 1.807) is 17.4 Å². The van der Waals surface area contributed by atoms with Crippen LogP contribution in [-0.4, -0.2) is 9.55 Å². The Morgan fingerprint density at radius 2 is 2.16 bits per heavy atom. The van der Waals surface area contributed by atoms with E-state index in [2.05, 4.69) is 4.98 Å². The minimum Gasteiger partial charge on any atom is -0.369 e. The van der Waals surface area contributed by atoms with Crippen molar-refractivity contribution in [1.29, 1.82) is 0 Å². The highest BCUT2D eigenvalue weighted by atomic mass is 35.5. The lowest BCUT2D eigenvalue weighted by molar-refractivity contribution is 0.629. The number of nitrogens with two attached hydrogens (primary N) is 1. The topological polar surface area (TPSA) is 43.8 Å². The second-order valence-electron chi connectivity index (χ2n) is 4.21. The van der Waals surface area contributed by atoms with Crippen molar-refractivity contribution in [1.82, 2.24) is 9.55 Å². The predicted octanol–water partition coefficient (Wildman–Crippen LogP) is 3.72. The van der Waals surface area contributed by atoms with Crippen LogP contribution in [0.5, 0.6) is 0 Å². The molecule has 0 bridgehead atoms. The third-order valence-electron chi connectivity index (χ3n) is 2.95. The van der Waals surface area contributed by atoms with Crippen LogP contribution in [0.25, 0.3) is 11.0 Å². The maximum Gasteiger partial charge on any atom is 0.201 e. The molecule has 98 valence electrons. The van der Waals surface area contributed by atoms with E-state index in [1.165, 1.54) is 17.0 Å². The number of fused-ring (bicyclic) bond motifs is 1.